The maximum atomic E-state index is 11.9. The van der Waals surface area contributed by atoms with Gasteiger partial charge in [-0.1, -0.05) is 11.6 Å². The highest BCUT2D eigenvalue weighted by Gasteiger charge is 2.30. The first kappa shape index (κ1) is 10.8. The molecule has 0 amide bonds. The SMILES string of the molecule is CC1=C(N)C(=O)c2c(cc(Cl)nc2C)C1=O. The fourth-order valence-corrected chi connectivity index (χ4v) is 1.97. The summed E-state index contributed by atoms with van der Waals surface area (Å²) in [5.41, 5.74) is 6.81. The van der Waals surface area contributed by atoms with Gasteiger partial charge >= 0.3 is 0 Å². The minimum atomic E-state index is -0.353. The molecule has 0 atom stereocenters. The smallest absolute Gasteiger partial charge is 0.211 e. The largest absolute Gasteiger partial charge is 0.395 e. The molecule has 0 aromatic carbocycles. The van der Waals surface area contributed by atoms with Gasteiger partial charge in [-0.3, -0.25) is 9.59 Å². The van der Waals surface area contributed by atoms with E-state index in [1.807, 2.05) is 0 Å². The average molecular weight is 237 g/mol. The first-order chi connectivity index (χ1) is 7.43. The number of Topliss-reactive ketones (excluding diaryl/α,β-unsaturated/α-hetero) is 2. The van der Waals surface area contributed by atoms with Crippen LogP contribution < -0.4 is 5.73 Å². The van der Waals surface area contributed by atoms with Crippen LogP contribution in [0, 0.1) is 6.92 Å². The first-order valence-corrected chi connectivity index (χ1v) is 5.04. The van der Waals surface area contributed by atoms with E-state index in [4.69, 9.17) is 17.3 Å². The second kappa shape index (κ2) is 3.42. The van der Waals surface area contributed by atoms with Crippen molar-refractivity contribution in [2.75, 3.05) is 0 Å². The molecule has 2 rings (SSSR count). The summed E-state index contributed by atoms with van der Waals surface area (Å²) in [6, 6.07) is 1.40. The molecular formula is C11H9ClN2O2. The maximum Gasteiger partial charge on any atom is 0.211 e. The van der Waals surface area contributed by atoms with Crippen molar-refractivity contribution in [3.63, 3.8) is 0 Å². The van der Waals surface area contributed by atoms with E-state index in [1.165, 1.54) is 13.0 Å². The van der Waals surface area contributed by atoms with Crippen molar-refractivity contribution >= 4 is 23.2 Å². The zero-order valence-electron chi connectivity index (χ0n) is 8.80. The van der Waals surface area contributed by atoms with Gasteiger partial charge < -0.3 is 5.73 Å². The summed E-state index contributed by atoms with van der Waals surface area (Å²) in [6.07, 6.45) is 0. The van der Waals surface area contributed by atoms with E-state index >= 15 is 0 Å². The predicted molar refractivity (Wildman–Crippen MR) is 59.5 cm³/mol. The highest BCUT2D eigenvalue weighted by atomic mass is 35.5. The topological polar surface area (TPSA) is 73.1 Å². The van der Waals surface area contributed by atoms with Crippen molar-refractivity contribution in [3.8, 4) is 0 Å². The van der Waals surface area contributed by atoms with Crippen LogP contribution >= 0.6 is 11.6 Å². The third-order valence-electron chi connectivity index (χ3n) is 2.63. The number of allylic oxidation sites excluding steroid dienone is 2. The molecular weight excluding hydrogens is 228 g/mol. The zero-order valence-corrected chi connectivity index (χ0v) is 9.55. The number of ketones is 2. The molecule has 0 bridgehead atoms. The Labute approximate surface area is 97.1 Å². The van der Waals surface area contributed by atoms with E-state index in [0.717, 1.165) is 0 Å². The molecule has 0 radical (unpaired) electrons. The molecule has 4 nitrogen and oxygen atoms in total. The van der Waals surface area contributed by atoms with E-state index in [9.17, 15) is 9.59 Å². The number of rotatable bonds is 0. The van der Waals surface area contributed by atoms with Crippen LogP contribution in [0.4, 0.5) is 0 Å². The van der Waals surface area contributed by atoms with Crippen LogP contribution in [0.15, 0.2) is 17.3 Å². The molecule has 5 heteroatoms. The molecule has 82 valence electrons. The van der Waals surface area contributed by atoms with Crippen molar-refractivity contribution in [1.82, 2.24) is 4.98 Å². The second-order valence-corrected chi connectivity index (χ2v) is 4.04. The fourth-order valence-electron chi connectivity index (χ4n) is 1.73. The van der Waals surface area contributed by atoms with Crippen molar-refractivity contribution in [3.05, 3.63) is 39.3 Å². The van der Waals surface area contributed by atoms with Crippen molar-refractivity contribution < 1.29 is 9.59 Å². The summed E-state index contributed by atoms with van der Waals surface area (Å²) in [6.45, 7) is 3.16. The molecule has 16 heavy (non-hydrogen) atoms. The van der Waals surface area contributed by atoms with Crippen LogP contribution in [0.2, 0.25) is 5.15 Å². The third kappa shape index (κ3) is 1.34. The molecule has 1 aromatic rings. The average Bonchev–Trinajstić information content (AvgIpc) is 2.22. The summed E-state index contributed by atoms with van der Waals surface area (Å²) in [7, 11) is 0. The minimum absolute atomic E-state index is 0.00952. The van der Waals surface area contributed by atoms with E-state index in [1.54, 1.807) is 6.92 Å². The van der Waals surface area contributed by atoms with Gasteiger partial charge in [-0.05, 0) is 19.9 Å². The van der Waals surface area contributed by atoms with Crippen LogP contribution in [-0.2, 0) is 0 Å². The molecule has 1 aliphatic rings. The number of nitrogens with two attached hydrogens (primary N) is 1. The maximum absolute atomic E-state index is 11.9. The lowest BCUT2D eigenvalue weighted by atomic mass is 9.88. The van der Waals surface area contributed by atoms with E-state index < -0.39 is 0 Å². The van der Waals surface area contributed by atoms with Crippen LogP contribution in [-0.4, -0.2) is 16.6 Å². The number of pyridine rings is 1. The molecule has 0 fully saturated rings. The van der Waals surface area contributed by atoms with Crippen LogP contribution in [0.1, 0.15) is 33.3 Å². The van der Waals surface area contributed by atoms with Gasteiger partial charge in [0.15, 0.2) is 5.78 Å². The Bertz CT molecular complexity index is 561. The lowest BCUT2D eigenvalue weighted by Gasteiger charge is -2.17. The highest BCUT2D eigenvalue weighted by molar-refractivity contribution is 6.32. The summed E-state index contributed by atoms with van der Waals surface area (Å²) < 4.78 is 0. The van der Waals surface area contributed by atoms with Gasteiger partial charge in [-0.2, -0.15) is 0 Å². The van der Waals surface area contributed by atoms with Gasteiger partial charge in [0.2, 0.25) is 5.78 Å². The van der Waals surface area contributed by atoms with Gasteiger partial charge in [-0.25, -0.2) is 4.98 Å². The monoisotopic (exact) mass is 236 g/mol. The number of nitrogens with zero attached hydrogens (tertiary/aromatic N) is 1. The van der Waals surface area contributed by atoms with Crippen molar-refractivity contribution in [2.24, 2.45) is 5.73 Å². The molecule has 1 aromatic heterocycles. The number of carbonyl (C=O) groups excluding carboxylic acids is 2. The number of halogens is 1. The normalized spacial score (nSPS) is 15.4. The van der Waals surface area contributed by atoms with Crippen LogP contribution in [0.5, 0.6) is 0 Å². The predicted octanol–water partition coefficient (Wildman–Crippen LogP) is 1.66. The van der Waals surface area contributed by atoms with Gasteiger partial charge in [0.25, 0.3) is 0 Å². The van der Waals surface area contributed by atoms with E-state index in [0.29, 0.717) is 5.69 Å². The lowest BCUT2D eigenvalue weighted by molar-refractivity contribution is 0.0972. The number of aryl methyl sites for hydroxylation is 1. The Balaban J connectivity index is 2.81. The number of hydrogen-bond donors (Lipinski definition) is 1. The minimum Gasteiger partial charge on any atom is -0.395 e. The molecule has 0 spiro atoms. The molecule has 0 unspecified atom stereocenters. The standard InChI is InChI=1S/C11H9ClN2O2/c1-4-9(13)11(16)8-5(2)14-7(12)3-6(8)10(4)15/h3H,13H2,1-2H3. The Morgan fingerprint density at radius 1 is 1.25 bits per heavy atom. The molecule has 1 aliphatic carbocycles. The first-order valence-electron chi connectivity index (χ1n) is 4.66. The Morgan fingerprint density at radius 2 is 1.88 bits per heavy atom. The van der Waals surface area contributed by atoms with Crippen LogP contribution in [0.3, 0.4) is 0 Å². The second-order valence-electron chi connectivity index (χ2n) is 3.65. The Morgan fingerprint density at radius 3 is 2.50 bits per heavy atom. The highest BCUT2D eigenvalue weighted by Crippen LogP contribution is 2.27. The lowest BCUT2D eigenvalue weighted by Crippen LogP contribution is -2.26. The quantitative estimate of drug-likeness (QED) is 0.696. The molecule has 1 heterocycles. The van der Waals surface area contributed by atoms with Crippen LogP contribution in [0.25, 0.3) is 0 Å². The molecule has 2 N–H and O–H groups in total. The van der Waals surface area contributed by atoms with E-state index in [2.05, 4.69) is 4.98 Å². The van der Waals surface area contributed by atoms with E-state index in [-0.39, 0.29) is 39.1 Å². The number of carbonyl (C=O) groups is 2. The molecule has 0 aliphatic heterocycles. The summed E-state index contributed by atoms with van der Waals surface area (Å²) >= 11 is 5.76. The zero-order chi connectivity index (χ0) is 12.0. The van der Waals surface area contributed by atoms with Crippen molar-refractivity contribution in [2.45, 2.75) is 13.8 Å². The number of hydrogen-bond acceptors (Lipinski definition) is 4. The van der Waals surface area contributed by atoms with Gasteiger partial charge in [0.05, 0.1) is 17.0 Å². The summed E-state index contributed by atoms with van der Waals surface area (Å²) in [5, 5.41) is 0.200. The third-order valence-corrected chi connectivity index (χ3v) is 2.82. The molecule has 0 saturated carbocycles. The van der Waals surface area contributed by atoms with Gasteiger partial charge in [-0.15, -0.1) is 0 Å². The number of fused-ring (bicyclic) bond motifs is 1. The summed E-state index contributed by atoms with van der Waals surface area (Å²) in [5.74, 6) is -0.617. The van der Waals surface area contributed by atoms with Gasteiger partial charge in [0.1, 0.15) is 5.15 Å². The Kier molecular flexibility index (Phi) is 2.31. The van der Waals surface area contributed by atoms with Crippen molar-refractivity contribution in [1.29, 1.82) is 0 Å². The summed E-state index contributed by atoms with van der Waals surface area (Å²) in [4.78, 5) is 27.7. The fraction of sp³-hybridized carbons (Fsp3) is 0.182. The number of aromatic nitrogens is 1. The Hall–Kier alpha value is -1.68. The molecule has 0 saturated heterocycles. The van der Waals surface area contributed by atoms with Gasteiger partial charge in [0, 0.05) is 11.1 Å².